The fraction of sp³-hybridized carbons (Fsp3) is 0.917. The van der Waals surface area contributed by atoms with E-state index in [4.69, 9.17) is 15.2 Å². The zero-order valence-corrected chi connectivity index (χ0v) is 11.2. The third-order valence-corrected chi connectivity index (χ3v) is 3.58. The fourth-order valence-electron chi connectivity index (χ4n) is 2.08. The van der Waals surface area contributed by atoms with Crippen molar-refractivity contribution < 1.29 is 14.3 Å². The van der Waals surface area contributed by atoms with Gasteiger partial charge in [-0.2, -0.15) is 0 Å². The average molecular weight is 244 g/mol. The maximum Gasteiger partial charge on any atom is 0.309 e. The van der Waals surface area contributed by atoms with Crippen LogP contribution in [0.3, 0.4) is 0 Å². The first-order chi connectivity index (χ1) is 7.97. The van der Waals surface area contributed by atoms with Crippen molar-refractivity contribution in [2.24, 2.45) is 11.7 Å². The lowest BCUT2D eigenvalue weighted by Gasteiger charge is -2.39. The Balaban J connectivity index is 2.56. The summed E-state index contributed by atoms with van der Waals surface area (Å²) < 4.78 is 10.4. The number of carbonyl (C=O) groups is 1. The number of methoxy groups -OCH3 is 1. The zero-order valence-electron chi connectivity index (χ0n) is 11.2. The maximum atomic E-state index is 11.5. The predicted molar refractivity (Wildman–Crippen MR) is 65.6 cm³/mol. The summed E-state index contributed by atoms with van der Waals surface area (Å²) in [5.74, 6) is -0.298. The van der Waals surface area contributed by atoms with Gasteiger partial charge in [0.25, 0.3) is 0 Å². The number of esters is 1. The average Bonchev–Trinajstić information content (AvgIpc) is 2.36. The lowest BCUT2D eigenvalue weighted by atomic mass is 10.0. The maximum absolute atomic E-state index is 11.5. The summed E-state index contributed by atoms with van der Waals surface area (Å²) in [6, 6.07) is 0.158. The molecule has 17 heavy (non-hydrogen) atoms. The van der Waals surface area contributed by atoms with Crippen LogP contribution in [0.4, 0.5) is 0 Å². The topological polar surface area (TPSA) is 64.8 Å². The Morgan fingerprint density at radius 1 is 1.47 bits per heavy atom. The summed E-state index contributed by atoms with van der Waals surface area (Å²) in [5.41, 5.74) is 5.85. The Morgan fingerprint density at radius 3 is 2.65 bits per heavy atom. The van der Waals surface area contributed by atoms with E-state index in [2.05, 4.69) is 4.90 Å². The molecule has 100 valence electrons. The van der Waals surface area contributed by atoms with Gasteiger partial charge >= 0.3 is 5.97 Å². The van der Waals surface area contributed by atoms with Crippen molar-refractivity contribution in [3.05, 3.63) is 0 Å². The molecular formula is C12H24N2O3. The van der Waals surface area contributed by atoms with Crippen molar-refractivity contribution in [3.8, 4) is 0 Å². The van der Waals surface area contributed by atoms with Gasteiger partial charge < -0.3 is 15.2 Å². The first-order valence-electron chi connectivity index (χ1n) is 6.16. The quantitative estimate of drug-likeness (QED) is 0.717. The third-order valence-electron chi connectivity index (χ3n) is 3.58. The monoisotopic (exact) mass is 244 g/mol. The van der Waals surface area contributed by atoms with Gasteiger partial charge in [0.05, 0.1) is 25.7 Å². The van der Waals surface area contributed by atoms with Gasteiger partial charge in [0.1, 0.15) is 0 Å². The lowest BCUT2D eigenvalue weighted by Crippen LogP contribution is -2.54. The minimum absolute atomic E-state index is 0.0124. The molecule has 0 aromatic heterocycles. The standard InChI is InChI=1S/C12H24N2O3/c1-8(12(15)16-4)10(3)14-5-6-17-11(7-14)9(2)13/h8-11H,5-7,13H2,1-4H3. The Bertz CT molecular complexity index is 258. The van der Waals surface area contributed by atoms with Crippen molar-refractivity contribution in [2.75, 3.05) is 26.8 Å². The molecule has 0 bridgehead atoms. The molecule has 4 unspecified atom stereocenters. The molecule has 1 saturated heterocycles. The molecule has 0 aliphatic carbocycles. The number of nitrogens with two attached hydrogens (primary N) is 1. The SMILES string of the molecule is COC(=O)C(C)C(C)N1CCOC(C(C)N)C1. The lowest BCUT2D eigenvalue weighted by molar-refractivity contribution is -0.148. The van der Waals surface area contributed by atoms with Crippen molar-refractivity contribution in [1.82, 2.24) is 4.90 Å². The van der Waals surface area contributed by atoms with Crippen LogP contribution < -0.4 is 5.73 Å². The van der Waals surface area contributed by atoms with Crippen LogP contribution in [0.2, 0.25) is 0 Å². The molecule has 1 aliphatic rings. The predicted octanol–water partition coefficient (Wildman–Crippen LogP) is 0.232. The molecule has 0 amide bonds. The molecule has 0 radical (unpaired) electrons. The number of carbonyl (C=O) groups excluding carboxylic acids is 1. The van der Waals surface area contributed by atoms with E-state index in [1.54, 1.807) is 0 Å². The molecule has 1 fully saturated rings. The van der Waals surface area contributed by atoms with E-state index in [0.717, 1.165) is 13.1 Å². The molecule has 1 aliphatic heterocycles. The molecule has 0 saturated carbocycles. The Morgan fingerprint density at radius 2 is 2.12 bits per heavy atom. The largest absolute Gasteiger partial charge is 0.469 e. The van der Waals surface area contributed by atoms with E-state index in [9.17, 15) is 4.79 Å². The van der Waals surface area contributed by atoms with E-state index in [1.807, 2.05) is 20.8 Å². The summed E-state index contributed by atoms with van der Waals surface area (Å²) in [5, 5.41) is 0. The van der Waals surface area contributed by atoms with E-state index in [0.29, 0.717) is 6.61 Å². The normalized spacial score (nSPS) is 27.2. The highest BCUT2D eigenvalue weighted by Crippen LogP contribution is 2.17. The van der Waals surface area contributed by atoms with Gasteiger partial charge in [-0.05, 0) is 13.8 Å². The molecule has 5 nitrogen and oxygen atoms in total. The molecule has 2 N–H and O–H groups in total. The summed E-state index contributed by atoms with van der Waals surface area (Å²) >= 11 is 0. The first-order valence-corrected chi connectivity index (χ1v) is 6.16. The molecule has 1 heterocycles. The first kappa shape index (κ1) is 14.4. The van der Waals surface area contributed by atoms with E-state index < -0.39 is 0 Å². The minimum Gasteiger partial charge on any atom is -0.469 e. The Labute approximate surface area is 103 Å². The van der Waals surface area contributed by atoms with Crippen molar-refractivity contribution in [2.45, 2.75) is 39.0 Å². The van der Waals surface area contributed by atoms with Gasteiger partial charge in [0.15, 0.2) is 0 Å². The molecule has 0 aromatic carbocycles. The molecule has 0 aromatic rings. The third kappa shape index (κ3) is 3.66. The van der Waals surface area contributed by atoms with Crippen LogP contribution in [0.5, 0.6) is 0 Å². The van der Waals surface area contributed by atoms with Gasteiger partial charge in [0, 0.05) is 25.2 Å². The van der Waals surface area contributed by atoms with Crippen molar-refractivity contribution in [3.63, 3.8) is 0 Å². The molecular weight excluding hydrogens is 220 g/mol. The van der Waals surface area contributed by atoms with E-state index in [-0.39, 0.29) is 30.1 Å². The second kappa shape index (κ2) is 6.33. The van der Waals surface area contributed by atoms with Crippen LogP contribution in [-0.4, -0.2) is 55.9 Å². The zero-order chi connectivity index (χ0) is 13.0. The number of nitrogens with zero attached hydrogens (tertiary/aromatic N) is 1. The van der Waals surface area contributed by atoms with Gasteiger partial charge in [-0.1, -0.05) is 6.92 Å². The number of morpholine rings is 1. The van der Waals surface area contributed by atoms with Gasteiger partial charge in [-0.3, -0.25) is 9.69 Å². The van der Waals surface area contributed by atoms with Crippen molar-refractivity contribution in [1.29, 1.82) is 0 Å². The second-order valence-corrected chi connectivity index (χ2v) is 4.82. The Kier molecular flexibility index (Phi) is 5.36. The summed E-state index contributed by atoms with van der Waals surface area (Å²) in [6.45, 7) is 8.18. The fourth-order valence-corrected chi connectivity index (χ4v) is 2.08. The van der Waals surface area contributed by atoms with Gasteiger partial charge in [0.2, 0.25) is 0 Å². The van der Waals surface area contributed by atoms with E-state index in [1.165, 1.54) is 7.11 Å². The van der Waals surface area contributed by atoms with Crippen LogP contribution in [0.25, 0.3) is 0 Å². The van der Waals surface area contributed by atoms with Crippen molar-refractivity contribution >= 4 is 5.97 Å². The second-order valence-electron chi connectivity index (χ2n) is 4.82. The molecule has 0 spiro atoms. The summed E-state index contributed by atoms with van der Waals surface area (Å²) in [6.07, 6.45) is 0.0519. The highest BCUT2D eigenvalue weighted by molar-refractivity contribution is 5.72. The molecule has 1 rings (SSSR count). The minimum atomic E-state index is -0.165. The number of hydrogen-bond donors (Lipinski definition) is 1. The number of hydrogen-bond acceptors (Lipinski definition) is 5. The van der Waals surface area contributed by atoms with Crippen LogP contribution >= 0.6 is 0 Å². The van der Waals surface area contributed by atoms with E-state index >= 15 is 0 Å². The number of rotatable bonds is 4. The summed E-state index contributed by atoms with van der Waals surface area (Å²) in [7, 11) is 1.43. The smallest absolute Gasteiger partial charge is 0.309 e. The van der Waals surface area contributed by atoms with Crippen LogP contribution in [0.1, 0.15) is 20.8 Å². The highest BCUT2D eigenvalue weighted by Gasteiger charge is 2.31. The molecule has 5 heteroatoms. The highest BCUT2D eigenvalue weighted by atomic mass is 16.5. The van der Waals surface area contributed by atoms with Gasteiger partial charge in [-0.25, -0.2) is 0 Å². The van der Waals surface area contributed by atoms with Crippen LogP contribution in [-0.2, 0) is 14.3 Å². The van der Waals surface area contributed by atoms with Crippen LogP contribution in [0, 0.1) is 5.92 Å². The van der Waals surface area contributed by atoms with Crippen LogP contribution in [0.15, 0.2) is 0 Å². The number of ether oxygens (including phenoxy) is 2. The summed E-state index contributed by atoms with van der Waals surface area (Å²) in [4.78, 5) is 13.8. The molecule has 4 atom stereocenters. The Hall–Kier alpha value is -0.650. The van der Waals surface area contributed by atoms with Gasteiger partial charge in [-0.15, -0.1) is 0 Å².